The fraction of sp³-hybridized carbons (Fsp3) is 0.0588. The fourth-order valence-electron chi connectivity index (χ4n) is 2.17. The Morgan fingerprint density at radius 3 is 2.55 bits per heavy atom. The molecule has 0 saturated heterocycles. The van der Waals surface area contributed by atoms with E-state index in [4.69, 9.17) is 0 Å². The largest absolute Gasteiger partial charge is 0.465 e. The normalized spacial score (nSPS) is 10.2. The minimum Gasteiger partial charge on any atom is -0.465 e. The van der Waals surface area contributed by atoms with Gasteiger partial charge in [0.1, 0.15) is 11.8 Å². The lowest BCUT2D eigenvalue weighted by atomic mass is 10.1. The summed E-state index contributed by atoms with van der Waals surface area (Å²) in [5.74, 6) is -0.450. The van der Waals surface area contributed by atoms with Crippen LogP contribution in [0.3, 0.4) is 0 Å². The van der Waals surface area contributed by atoms with E-state index in [0.717, 1.165) is 5.56 Å². The molecule has 0 atom stereocenters. The summed E-state index contributed by atoms with van der Waals surface area (Å²) in [6.45, 7) is 0. The maximum Gasteiger partial charge on any atom is 0.337 e. The number of rotatable bonds is 2. The van der Waals surface area contributed by atoms with Crippen LogP contribution < -0.4 is 0 Å². The molecule has 0 amide bonds. The topological polar surface area (TPSA) is 75.9 Å². The zero-order chi connectivity index (χ0) is 15.5. The first-order valence-electron chi connectivity index (χ1n) is 6.58. The van der Waals surface area contributed by atoms with Crippen LogP contribution in [0.15, 0.2) is 48.5 Å². The van der Waals surface area contributed by atoms with Gasteiger partial charge in [-0.1, -0.05) is 30.3 Å². The molecule has 2 aromatic carbocycles. The van der Waals surface area contributed by atoms with Gasteiger partial charge in [-0.3, -0.25) is 0 Å². The molecule has 5 nitrogen and oxygen atoms in total. The van der Waals surface area contributed by atoms with Crippen molar-refractivity contribution in [2.24, 2.45) is 0 Å². The molecule has 5 heteroatoms. The van der Waals surface area contributed by atoms with E-state index >= 15 is 0 Å². The number of hydrogen-bond acceptors (Lipinski definition) is 5. The lowest BCUT2D eigenvalue weighted by Crippen LogP contribution is -2.02. The first-order chi connectivity index (χ1) is 10.7. The number of nitrogens with zero attached hydrogens (tertiary/aromatic N) is 3. The van der Waals surface area contributed by atoms with Crippen molar-refractivity contribution in [2.75, 3.05) is 7.11 Å². The Morgan fingerprint density at radius 1 is 1.09 bits per heavy atom. The lowest BCUT2D eigenvalue weighted by Gasteiger charge is -2.06. The fourth-order valence-corrected chi connectivity index (χ4v) is 2.17. The van der Waals surface area contributed by atoms with Crippen molar-refractivity contribution in [1.29, 1.82) is 5.26 Å². The van der Waals surface area contributed by atoms with Gasteiger partial charge in [0.25, 0.3) is 0 Å². The van der Waals surface area contributed by atoms with Gasteiger partial charge in [-0.15, -0.1) is 0 Å². The number of aromatic nitrogens is 2. The van der Waals surface area contributed by atoms with Gasteiger partial charge in [-0.05, 0) is 18.2 Å². The van der Waals surface area contributed by atoms with E-state index in [-0.39, 0.29) is 5.69 Å². The Hall–Kier alpha value is -3.26. The summed E-state index contributed by atoms with van der Waals surface area (Å²) in [5, 5.41) is 9.32. The minimum atomic E-state index is -0.450. The molecule has 3 rings (SSSR count). The lowest BCUT2D eigenvalue weighted by molar-refractivity contribution is 0.0601. The summed E-state index contributed by atoms with van der Waals surface area (Å²) in [6.07, 6.45) is 0. The number of carbonyl (C=O) groups excluding carboxylic acids is 1. The van der Waals surface area contributed by atoms with Crippen LogP contribution in [0.25, 0.3) is 22.3 Å². The molecule has 0 unspecified atom stereocenters. The van der Waals surface area contributed by atoms with E-state index in [1.54, 1.807) is 18.2 Å². The van der Waals surface area contributed by atoms with Crippen molar-refractivity contribution in [3.8, 4) is 17.3 Å². The van der Waals surface area contributed by atoms with Gasteiger partial charge in [-0.2, -0.15) is 5.26 Å². The van der Waals surface area contributed by atoms with Crippen molar-refractivity contribution in [3.05, 3.63) is 59.8 Å². The van der Waals surface area contributed by atoms with Crippen molar-refractivity contribution >= 4 is 17.0 Å². The number of methoxy groups -OCH3 is 1. The Balaban J connectivity index is 2.21. The number of esters is 1. The van der Waals surface area contributed by atoms with Gasteiger partial charge in [0.2, 0.25) is 0 Å². The second-order valence-corrected chi connectivity index (χ2v) is 4.59. The minimum absolute atomic E-state index is 0.223. The smallest absolute Gasteiger partial charge is 0.337 e. The predicted molar refractivity (Wildman–Crippen MR) is 81.0 cm³/mol. The standard InChI is InChI=1S/C17H11N3O2/c1-22-17(21)12-7-8-13-14(9-12)19-15(10-18)16(20-13)11-5-3-2-4-6-11/h2-9H,1H3. The summed E-state index contributed by atoms with van der Waals surface area (Å²) in [6, 6.07) is 16.4. The van der Waals surface area contributed by atoms with E-state index < -0.39 is 5.97 Å². The van der Waals surface area contributed by atoms with Crippen LogP contribution >= 0.6 is 0 Å². The predicted octanol–water partition coefficient (Wildman–Crippen LogP) is 2.96. The van der Waals surface area contributed by atoms with Gasteiger partial charge in [0, 0.05) is 5.56 Å². The van der Waals surface area contributed by atoms with Gasteiger partial charge >= 0.3 is 5.97 Å². The van der Waals surface area contributed by atoms with E-state index in [1.165, 1.54) is 7.11 Å². The maximum atomic E-state index is 11.6. The highest BCUT2D eigenvalue weighted by Crippen LogP contribution is 2.23. The highest BCUT2D eigenvalue weighted by Gasteiger charge is 2.12. The Kier molecular flexibility index (Phi) is 3.50. The highest BCUT2D eigenvalue weighted by molar-refractivity contribution is 5.93. The van der Waals surface area contributed by atoms with Crippen molar-refractivity contribution in [1.82, 2.24) is 9.97 Å². The molecule has 0 bridgehead atoms. The monoisotopic (exact) mass is 289 g/mol. The van der Waals surface area contributed by atoms with Gasteiger partial charge in [0.05, 0.1) is 23.7 Å². The summed E-state index contributed by atoms with van der Waals surface area (Å²) < 4.78 is 4.68. The molecule has 0 radical (unpaired) electrons. The molecule has 1 aromatic heterocycles. The van der Waals surface area contributed by atoms with Crippen molar-refractivity contribution in [2.45, 2.75) is 0 Å². The summed E-state index contributed by atoms with van der Waals surface area (Å²) in [5.41, 5.74) is 3.05. The Labute approximate surface area is 126 Å². The second kappa shape index (κ2) is 5.62. The van der Waals surface area contributed by atoms with Crippen LogP contribution in [0, 0.1) is 11.3 Å². The first kappa shape index (κ1) is 13.7. The SMILES string of the molecule is COC(=O)c1ccc2nc(-c3ccccc3)c(C#N)nc2c1. The van der Waals surface area contributed by atoms with E-state index in [0.29, 0.717) is 22.3 Å². The third-order valence-electron chi connectivity index (χ3n) is 3.24. The maximum absolute atomic E-state index is 11.6. The molecule has 22 heavy (non-hydrogen) atoms. The van der Waals surface area contributed by atoms with Crippen LogP contribution in [0.2, 0.25) is 0 Å². The van der Waals surface area contributed by atoms with Crippen LogP contribution in [0.4, 0.5) is 0 Å². The molecule has 0 aliphatic carbocycles. The molecule has 0 fully saturated rings. The van der Waals surface area contributed by atoms with Crippen molar-refractivity contribution in [3.63, 3.8) is 0 Å². The average molecular weight is 289 g/mol. The summed E-state index contributed by atoms with van der Waals surface area (Å²) in [7, 11) is 1.32. The van der Waals surface area contributed by atoms with Gasteiger partial charge < -0.3 is 4.74 Å². The van der Waals surface area contributed by atoms with Crippen molar-refractivity contribution < 1.29 is 9.53 Å². The number of hydrogen-bond donors (Lipinski definition) is 0. The second-order valence-electron chi connectivity index (χ2n) is 4.59. The number of nitriles is 1. The highest BCUT2D eigenvalue weighted by atomic mass is 16.5. The van der Waals surface area contributed by atoms with Gasteiger partial charge in [0.15, 0.2) is 5.69 Å². The molecule has 106 valence electrons. The molecular formula is C17H11N3O2. The summed E-state index contributed by atoms with van der Waals surface area (Å²) in [4.78, 5) is 20.4. The van der Waals surface area contributed by atoms with E-state index in [1.807, 2.05) is 30.3 Å². The number of ether oxygens (including phenoxy) is 1. The molecule has 3 aromatic rings. The molecule has 0 aliphatic heterocycles. The molecular weight excluding hydrogens is 278 g/mol. The van der Waals surface area contributed by atoms with E-state index in [9.17, 15) is 10.1 Å². The molecule has 1 heterocycles. The van der Waals surface area contributed by atoms with Crippen LogP contribution in [0.5, 0.6) is 0 Å². The Bertz CT molecular complexity index is 899. The molecule has 0 aliphatic rings. The first-order valence-corrected chi connectivity index (χ1v) is 6.58. The third-order valence-corrected chi connectivity index (χ3v) is 3.24. The Morgan fingerprint density at radius 2 is 1.86 bits per heavy atom. The number of carbonyl (C=O) groups is 1. The zero-order valence-corrected chi connectivity index (χ0v) is 11.8. The summed E-state index contributed by atoms with van der Waals surface area (Å²) >= 11 is 0. The van der Waals surface area contributed by atoms with Crippen LogP contribution in [0.1, 0.15) is 16.1 Å². The zero-order valence-electron chi connectivity index (χ0n) is 11.8. The third kappa shape index (κ3) is 2.38. The quantitative estimate of drug-likeness (QED) is 0.678. The van der Waals surface area contributed by atoms with Gasteiger partial charge in [-0.25, -0.2) is 14.8 Å². The van der Waals surface area contributed by atoms with E-state index in [2.05, 4.69) is 20.8 Å². The molecule has 0 saturated carbocycles. The molecule has 0 N–H and O–H groups in total. The van der Waals surface area contributed by atoms with Crippen LogP contribution in [-0.4, -0.2) is 23.0 Å². The average Bonchev–Trinajstić information content (AvgIpc) is 2.60. The number of fused-ring (bicyclic) bond motifs is 1. The van der Waals surface area contributed by atoms with Crippen LogP contribution in [-0.2, 0) is 4.74 Å². The molecule has 0 spiro atoms. The number of benzene rings is 2.